The quantitative estimate of drug-likeness (QED) is 0.699. The van der Waals surface area contributed by atoms with Gasteiger partial charge < -0.3 is 0 Å². The lowest BCUT2D eigenvalue weighted by Gasteiger charge is -2.04. The maximum atomic E-state index is 3.45. The van der Waals surface area contributed by atoms with Crippen LogP contribution in [0.4, 0.5) is 0 Å². The molecule has 60 valence electrons. The maximum Gasteiger partial charge on any atom is 0.0186 e. The summed E-state index contributed by atoms with van der Waals surface area (Å²) >= 11 is 5.26. The van der Waals surface area contributed by atoms with Crippen LogP contribution in [0.5, 0.6) is 0 Å². The molecule has 0 saturated carbocycles. The van der Waals surface area contributed by atoms with E-state index in [0.717, 1.165) is 6.42 Å². The first kappa shape index (κ1) is 9.14. The number of hydrogen-bond acceptors (Lipinski definition) is 1. The van der Waals surface area contributed by atoms with E-state index < -0.39 is 0 Å². The SMILES string of the molecule is CCc1ccc(Br)cc1SC. The summed E-state index contributed by atoms with van der Waals surface area (Å²) in [5.41, 5.74) is 1.43. The van der Waals surface area contributed by atoms with E-state index in [9.17, 15) is 0 Å². The highest BCUT2D eigenvalue weighted by molar-refractivity contribution is 9.10. The summed E-state index contributed by atoms with van der Waals surface area (Å²) in [6.07, 6.45) is 3.23. The molecule has 2 heteroatoms. The lowest BCUT2D eigenvalue weighted by molar-refractivity contribution is 1.08. The van der Waals surface area contributed by atoms with Gasteiger partial charge in [0.05, 0.1) is 0 Å². The summed E-state index contributed by atoms with van der Waals surface area (Å²) in [6, 6.07) is 6.44. The van der Waals surface area contributed by atoms with Crippen LogP contribution in [0.1, 0.15) is 12.5 Å². The number of aryl methyl sites for hydroxylation is 1. The van der Waals surface area contributed by atoms with Crippen molar-refractivity contribution in [1.29, 1.82) is 0 Å². The van der Waals surface area contributed by atoms with E-state index in [1.807, 2.05) is 0 Å². The van der Waals surface area contributed by atoms with Crippen LogP contribution in [0.2, 0.25) is 0 Å². The van der Waals surface area contributed by atoms with Crippen LogP contribution in [-0.4, -0.2) is 6.26 Å². The van der Waals surface area contributed by atoms with Crippen LogP contribution in [0.3, 0.4) is 0 Å². The van der Waals surface area contributed by atoms with Crippen molar-refractivity contribution in [2.75, 3.05) is 6.26 Å². The molecule has 0 heterocycles. The fourth-order valence-corrected chi connectivity index (χ4v) is 2.24. The highest BCUT2D eigenvalue weighted by Gasteiger charge is 1.98. The minimum Gasteiger partial charge on any atom is -0.129 e. The largest absolute Gasteiger partial charge is 0.129 e. The fraction of sp³-hybridized carbons (Fsp3) is 0.333. The van der Waals surface area contributed by atoms with Crippen molar-refractivity contribution in [1.82, 2.24) is 0 Å². The first-order chi connectivity index (χ1) is 5.27. The Morgan fingerprint density at radius 1 is 1.45 bits per heavy atom. The predicted molar refractivity (Wildman–Crippen MR) is 55.3 cm³/mol. The molecule has 0 radical (unpaired) electrons. The minimum atomic E-state index is 1.11. The van der Waals surface area contributed by atoms with E-state index in [-0.39, 0.29) is 0 Å². The predicted octanol–water partition coefficient (Wildman–Crippen LogP) is 3.73. The second-order valence-corrected chi connectivity index (χ2v) is 4.07. The third kappa shape index (κ3) is 2.24. The monoisotopic (exact) mass is 230 g/mol. The first-order valence-corrected chi connectivity index (χ1v) is 5.62. The van der Waals surface area contributed by atoms with Crippen LogP contribution in [-0.2, 0) is 6.42 Å². The van der Waals surface area contributed by atoms with Crippen LogP contribution >= 0.6 is 27.7 Å². The molecule has 0 aliphatic rings. The van der Waals surface area contributed by atoms with Gasteiger partial charge in [-0.1, -0.05) is 28.9 Å². The summed E-state index contributed by atoms with van der Waals surface area (Å²) < 4.78 is 1.17. The van der Waals surface area contributed by atoms with Gasteiger partial charge in [-0.2, -0.15) is 0 Å². The molecule has 1 aromatic rings. The van der Waals surface area contributed by atoms with Crippen LogP contribution in [0.25, 0.3) is 0 Å². The molecule has 0 fully saturated rings. The molecule has 0 saturated heterocycles. The Hall–Kier alpha value is 0.0500. The fourth-order valence-electron chi connectivity index (χ4n) is 1.01. The number of halogens is 1. The van der Waals surface area contributed by atoms with Gasteiger partial charge in [-0.25, -0.2) is 0 Å². The van der Waals surface area contributed by atoms with Crippen molar-refractivity contribution in [3.63, 3.8) is 0 Å². The molecule has 0 amide bonds. The Bertz CT molecular complexity index is 245. The summed E-state index contributed by atoms with van der Waals surface area (Å²) in [6.45, 7) is 2.18. The van der Waals surface area contributed by atoms with Gasteiger partial charge in [-0.15, -0.1) is 11.8 Å². The zero-order chi connectivity index (χ0) is 8.27. The van der Waals surface area contributed by atoms with Gasteiger partial charge in [-0.05, 0) is 30.4 Å². The van der Waals surface area contributed by atoms with E-state index in [2.05, 4.69) is 47.3 Å². The Morgan fingerprint density at radius 2 is 2.18 bits per heavy atom. The Balaban J connectivity index is 3.06. The molecule has 0 spiro atoms. The van der Waals surface area contributed by atoms with Crippen molar-refractivity contribution < 1.29 is 0 Å². The number of benzene rings is 1. The first-order valence-electron chi connectivity index (χ1n) is 3.60. The van der Waals surface area contributed by atoms with Gasteiger partial charge in [0.1, 0.15) is 0 Å². The van der Waals surface area contributed by atoms with Crippen LogP contribution < -0.4 is 0 Å². The molecule has 0 aliphatic heterocycles. The smallest absolute Gasteiger partial charge is 0.0186 e. The standard InChI is InChI=1S/C9H11BrS/c1-3-7-4-5-8(10)6-9(7)11-2/h4-6H,3H2,1-2H3. The molecule has 1 aromatic carbocycles. The maximum absolute atomic E-state index is 3.45. The molecular weight excluding hydrogens is 220 g/mol. The number of hydrogen-bond donors (Lipinski definition) is 0. The molecular formula is C9H11BrS. The summed E-state index contributed by atoms with van der Waals surface area (Å²) in [7, 11) is 0. The van der Waals surface area contributed by atoms with Gasteiger partial charge in [0, 0.05) is 9.37 Å². The molecule has 0 N–H and O–H groups in total. The average Bonchev–Trinajstić information content (AvgIpc) is 2.04. The van der Waals surface area contributed by atoms with Gasteiger partial charge in [0.2, 0.25) is 0 Å². The summed E-state index contributed by atoms with van der Waals surface area (Å²) in [5, 5.41) is 0. The average molecular weight is 231 g/mol. The molecule has 0 unspecified atom stereocenters. The van der Waals surface area contributed by atoms with Crippen molar-refractivity contribution in [2.24, 2.45) is 0 Å². The zero-order valence-electron chi connectivity index (χ0n) is 6.73. The van der Waals surface area contributed by atoms with E-state index in [4.69, 9.17) is 0 Å². The third-order valence-electron chi connectivity index (χ3n) is 1.63. The van der Waals surface area contributed by atoms with E-state index >= 15 is 0 Å². The molecule has 11 heavy (non-hydrogen) atoms. The molecule has 0 nitrogen and oxygen atoms in total. The molecule has 0 aliphatic carbocycles. The number of rotatable bonds is 2. The van der Waals surface area contributed by atoms with E-state index in [1.165, 1.54) is 14.9 Å². The van der Waals surface area contributed by atoms with Crippen molar-refractivity contribution in [3.05, 3.63) is 28.2 Å². The van der Waals surface area contributed by atoms with Crippen LogP contribution in [0.15, 0.2) is 27.6 Å². The lowest BCUT2D eigenvalue weighted by atomic mass is 10.2. The Morgan fingerprint density at radius 3 is 2.73 bits per heavy atom. The highest BCUT2D eigenvalue weighted by atomic mass is 79.9. The second-order valence-electron chi connectivity index (χ2n) is 2.31. The molecule has 0 aromatic heterocycles. The van der Waals surface area contributed by atoms with Gasteiger partial charge in [-0.3, -0.25) is 0 Å². The molecule has 0 bridgehead atoms. The highest BCUT2D eigenvalue weighted by Crippen LogP contribution is 2.24. The van der Waals surface area contributed by atoms with Crippen LogP contribution in [0, 0.1) is 0 Å². The summed E-state index contributed by atoms with van der Waals surface area (Å²) in [4.78, 5) is 1.38. The zero-order valence-corrected chi connectivity index (χ0v) is 9.13. The van der Waals surface area contributed by atoms with E-state index in [0.29, 0.717) is 0 Å². The van der Waals surface area contributed by atoms with Crippen molar-refractivity contribution in [2.45, 2.75) is 18.2 Å². The Labute approximate surface area is 80.5 Å². The van der Waals surface area contributed by atoms with Gasteiger partial charge in [0.25, 0.3) is 0 Å². The van der Waals surface area contributed by atoms with Gasteiger partial charge >= 0.3 is 0 Å². The van der Waals surface area contributed by atoms with Crippen molar-refractivity contribution >= 4 is 27.7 Å². The second kappa shape index (κ2) is 4.17. The minimum absolute atomic E-state index is 1.11. The van der Waals surface area contributed by atoms with E-state index in [1.54, 1.807) is 11.8 Å². The molecule has 0 atom stereocenters. The lowest BCUT2D eigenvalue weighted by Crippen LogP contribution is -1.83. The van der Waals surface area contributed by atoms with Gasteiger partial charge in [0.15, 0.2) is 0 Å². The Kier molecular flexibility index (Phi) is 3.46. The summed E-state index contributed by atoms with van der Waals surface area (Å²) in [5.74, 6) is 0. The number of thioether (sulfide) groups is 1. The molecule has 1 rings (SSSR count). The topological polar surface area (TPSA) is 0 Å². The third-order valence-corrected chi connectivity index (χ3v) is 2.94. The normalized spacial score (nSPS) is 10.1. The van der Waals surface area contributed by atoms with Crippen molar-refractivity contribution in [3.8, 4) is 0 Å².